The summed E-state index contributed by atoms with van der Waals surface area (Å²) < 4.78 is 27.0. The van der Waals surface area contributed by atoms with Crippen molar-refractivity contribution in [1.82, 2.24) is 15.5 Å². The van der Waals surface area contributed by atoms with Crippen molar-refractivity contribution in [3.8, 4) is 0 Å². The number of nitrogens with zero attached hydrogens (tertiary/aromatic N) is 2. The summed E-state index contributed by atoms with van der Waals surface area (Å²) in [5, 5.41) is 5.47. The van der Waals surface area contributed by atoms with Gasteiger partial charge in [-0.05, 0) is 36.2 Å². The number of carbonyl (C=O) groups is 2. The van der Waals surface area contributed by atoms with Gasteiger partial charge in [0.1, 0.15) is 17.7 Å². The van der Waals surface area contributed by atoms with Gasteiger partial charge in [-0.3, -0.25) is 4.79 Å². The number of para-hydroxylation sites is 1. The number of urea groups is 1. The molecule has 6 nitrogen and oxygen atoms in total. The number of hydrogen-bond donors (Lipinski definition) is 2. The highest BCUT2D eigenvalue weighted by Crippen LogP contribution is 2.20. The molecule has 2 aromatic rings. The van der Waals surface area contributed by atoms with Gasteiger partial charge in [-0.25, -0.2) is 13.6 Å². The number of halogens is 2. The molecule has 31 heavy (non-hydrogen) atoms. The third-order valence-electron chi connectivity index (χ3n) is 5.33. The first kappa shape index (κ1) is 22.5. The molecule has 0 saturated carbocycles. The Morgan fingerprint density at radius 3 is 2.32 bits per heavy atom. The molecule has 1 aliphatic rings. The number of nitrogens with one attached hydrogen (secondary N) is 2. The maximum atomic E-state index is 14.0. The van der Waals surface area contributed by atoms with Gasteiger partial charge in [-0.2, -0.15) is 0 Å². The highest BCUT2D eigenvalue weighted by atomic mass is 19.1. The lowest BCUT2D eigenvalue weighted by Gasteiger charge is -2.37. The fourth-order valence-electron chi connectivity index (χ4n) is 3.64. The fraction of sp³-hybridized carbons (Fsp3) is 0.391. The van der Waals surface area contributed by atoms with Gasteiger partial charge in [-0.1, -0.05) is 37.6 Å². The molecule has 0 unspecified atom stereocenters. The zero-order chi connectivity index (χ0) is 22.2. The normalized spacial score (nSPS) is 14.8. The summed E-state index contributed by atoms with van der Waals surface area (Å²) >= 11 is 0. The molecule has 0 aromatic heterocycles. The molecule has 1 aliphatic heterocycles. The van der Waals surface area contributed by atoms with Crippen LogP contribution in [0.2, 0.25) is 0 Å². The molecular weight excluding hydrogens is 402 g/mol. The minimum atomic E-state index is -0.627. The number of piperazine rings is 1. The standard InChI is InChI=1S/C23H28F2N4O2/c1-2-5-20(27-23(31)26-16-17-8-10-18(24)11-9-17)22(30)29-14-12-28(13-15-29)21-7-4-3-6-19(21)25/h3-4,6-11,20H,2,5,12-16H2,1H3,(H2,26,27,31)/t20-/m1/s1. The molecule has 1 heterocycles. The molecule has 8 heteroatoms. The number of benzene rings is 2. The van der Waals surface area contributed by atoms with E-state index in [1.165, 1.54) is 18.2 Å². The van der Waals surface area contributed by atoms with E-state index in [1.54, 1.807) is 35.2 Å². The first-order valence-electron chi connectivity index (χ1n) is 10.5. The van der Waals surface area contributed by atoms with Crippen LogP contribution in [0, 0.1) is 11.6 Å². The van der Waals surface area contributed by atoms with Gasteiger partial charge < -0.3 is 20.4 Å². The van der Waals surface area contributed by atoms with E-state index in [0.29, 0.717) is 38.3 Å². The maximum Gasteiger partial charge on any atom is 0.315 e. The number of hydrogen-bond acceptors (Lipinski definition) is 3. The van der Waals surface area contributed by atoms with Gasteiger partial charge in [0.05, 0.1) is 5.69 Å². The van der Waals surface area contributed by atoms with E-state index in [2.05, 4.69) is 10.6 Å². The first-order chi connectivity index (χ1) is 15.0. The van der Waals surface area contributed by atoms with Crippen LogP contribution in [0.5, 0.6) is 0 Å². The summed E-state index contributed by atoms with van der Waals surface area (Å²) in [5.41, 5.74) is 1.30. The van der Waals surface area contributed by atoms with Crippen molar-refractivity contribution >= 4 is 17.6 Å². The summed E-state index contributed by atoms with van der Waals surface area (Å²) in [4.78, 5) is 29.0. The van der Waals surface area contributed by atoms with Gasteiger partial charge in [0.2, 0.25) is 5.91 Å². The average Bonchev–Trinajstić information content (AvgIpc) is 2.78. The zero-order valence-corrected chi connectivity index (χ0v) is 17.6. The molecule has 0 aliphatic carbocycles. The summed E-state index contributed by atoms with van der Waals surface area (Å²) in [6.07, 6.45) is 1.26. The SMILES string of the molecule is CCC[C@@H](NC(=O)NCc1ccc(F)cc1)C(=O)N1CCN(c2ccccc2F)CC1. The predicted molar refractivity (Wildman–Crippen MR) is 116 cm³/mol. The van der Waals surface area contributed by atoms with Crippen molar-refractivity contribution < 1.29 is 18.4 Å². The van der Waals surface area contributed by atoms with Crippen LogP contribution in [0.15, 0.2) is 48.5 Å². The van der Waals surface area contributed by atoms with E-state index < -0.39 is 12.1 Å². The minimum absolute atomic E-state index is 0.132. The van der Waals surface area contributed by atoms with Gasteiger partial charge in [-0.15, -0.1) is 0 Å². The van der Waals surface area contributed by atoms with Crippen LogP contribution in [0.1, 0.15) is 25.3 Å². The number of amides is 3. The molecule has 2 aromatic carbocycles. The van der Waals surface area contributed by atoms with E-state index in [4.69, 9.17) is 0 Å². The van der Waals surface area contributed by atoms with Gasteiger partial charge in [0.15, 0.2) is 0 Å². The maximum absolute atomic E-state index is 14.0. The average molecular weight is 430 g/mol. The zero-order valence-electron chi connectivity index (χ0n) is 17.6. The molecule has 3 amide bonds. The summed E-state index contributed by atoms with van der Waals surface area (Å²) in [6, 6.07) is 11.4. The molecule has 1 saturated heterocycles. The Morgan fingerprint density at radius 2 is 1.68 bits per heavy atom. The van der Waals surface area contributed by atoms with Crippen LogP contribution in [0.25, 0.3) is 0 Å². The second-order valence-electron chi connectivity index (χ2n) is 7.56. The molecule has 3 rings (SSSR count). The van der Waals surface area contributed by atoms with Gasteiger partial charge >= 0.3 is 6.03 Å². The lowest BCUT2D eigenvalue weighted by atomic mass is 10.1. The van der Waals surface area contributed by atoms with E-state index in [-0.39, 0.29) is 24.1 Å². The Morgan fingerprint density at radius 1 is 1.00 bits per heavy atom. The molecule has 1 atom stereocenters. The predicted octanol–water partition coefficient (Wildman–Crippen LogP) is 3.28. The number of carbonyl (C=O) groups excluding carboxylic acids is 2. The Bertz CT molecular complexity index is 883. The Balaban J connectivity index is 1.52. The Labute approximate surface area is 181 Å². The summed E-state index contributed by atoms with van der Waals surface area (Å²) in [6.45, 7) is 4.18. The lowest BCUT2D eigenvalue weighted by molar-refractivity contribution is -0.133. The smallest absolute Gasteiger partial charge is 0.315 e. The quantitative estimate of drug-likeness (QED) is 0.709. The highest BCUT2D eigenvalue weighted by Gasteiger charge is 2.28. The van der Waals surface area contributed by atoms with Crippen LogP contribution in [-0.2, 0) is 11.3 Å². The Hall–Kier alpha value is -3.16. The molecule has 0 spiro atoms. The van der Waals surface area contributed by atoms with E-state index in [0.717, 1.165) is 12.0 Å². The van der Waals surface area contributed by atoms with E-state index >= 15 is 0 Å². The van der Waals surface area contributed by atoms with Crippen LogP contribution in [-0.4, -0.2) is 49.1 Å². The van der Waals surface area contributed by atoms with Crippen LogP contribution >= 0.6 is 0 Å². The van der Waals surface area contributed by atoms with Gasteiger partial charge in [0, 0.05) is 32.7 Å². The molecular formula is C23H28F2N4O2. The second kappa shape index (κ2) is 10.7. The lowest BCUT2D eigenvalue weighted by Crippen LogP contribution is -2.56. The third kappa shape index (κ3) is 6.16. The monoisotopic (exact) mass is 430 g/mol. The van der Waals surface area contributed by atoms with Crippen LogP contribution in [0.4, 0.5) is 19.3 Å². The summed E-state index contributed by atoms with van der Waals surface area (Å²) in [7, 11) is 0. The van der Waals surface area contributed by atoms with Crippen molar-refractivity contribution in [2.75, 3.05) is 31.1 Å². The number of rotatable bonds is 7. The third-order valence-corrected chi connectivity index (χ3v) is 5.33. The molecule has 166 valence electrons. The largest absolute Gasteiger partial charge is 0.366 e. The van der Waals surface area contributed by atoms with Crippen molar-refractivity contribution in [2.45, 2.75) is 32.4 Å². The fourth-order valence-corrected chi connectivity index (χ4v) is 3.64. The van der Waals surface area contributed by atoms with E-state index in [1.807, 2.05) is 11.8 Å². The van der Waals surface area contributed by atoms with Crippen molar-refractivity contribution in [3.05, 3.63) is 65.7 Å². The number of anilines is 1. The van der Waals surface area contributed by atoms with Crippen molar-refractivity contribution in [2.24, 2.45) is 0 Å². The van der Waals surface area contributed by atoms with E-state index in [9.17, 15) is 18.4 Å². The highest BCUT2D eigenvalue weighted by molar-refractivity contribution is 5.87. The van der Waals surface area contributed by atoms with Crippen LogP contribution in [0.3, 0.4) is 0 Å². The minimum Gasteiger partial charge on any atom is -0.366 e. The molecule has 0 radical (unpaired) electrons. The molecule has 2 N–H and O–H groups in total. The van der Waals surface area contributed by atoms with Gasteiger partial charge in [0.25, 0.3) is 0 Å². The molecule has 1 fully saturated rings. The Kier molecular flexibility index (Phi) is 7.81. The molecule has 0 bridgehead atoms. The van der Waals surface area contributed by atoms with Crippen molar-refractivity contribution in [3.63, 3.8) is 0 Å². The van der Waals surface area contributed by atoms with Crippen molar-refractivity contribution in [1.29, 1.82) is 0 Å². The topological polar surface area (TPSA) is 64.7 Å². The second-order valence-corrected chi connectivity index (χ2v) is 7.56. The summed E-state index contributed by atoms with van der Waals surface area (Å²) in [5.74, 6) is -0.741. The first-order valence-corrected chi connectivity index (χ1v) is 10.5. The van der Waals surface area contributed by atoms with Crippen LogP contribution < -0.4 is 15.5 Å².